The molecule has 0 amide bonds. The van der Waals surface area contributed by atoms with Crippen molar-refractivity contribution in [1.82, 2.24) is 0 Å². The van der Waals surface area contributed by atoms with Crippen LogP contribution in [0.1, 0.15) is 65.2 Å². The Balaban J connectivity index is 1.73. The highest BCUT2D eigenvalue weighted by Gasteiger charge is 2.34. The second kappa shape index (κ2) is 6.05. The first-order valence-electron chi connectivity index (χ1n) is 7.41. The van der Waals surface area contributed by atoms with Crippen molar-refractivity contribution >= 4 is 0 Å². The van der Waals surface area contributed by atoms with Crippen LogP contribution in [0.15, 0.2) is 0 Å². The minimum atomic E-state index is 0.598. The fourth-order valence-corrected chi connectivity index (χ4v) is 3.63. The standard InChI is InChI=1S/C15H28O/c1-3-4-9-16-15-8-7-13-10-12(2)5-6-14(13)11-15/h12-15H,3-11H2,1-2H3. The zero-order valence-corrected chi connectivity index (χ0v) is 11.1. The first kappa shape index (κ1) is 12.4. The van der Waals surface area contributed by atoms with Gasteiger partial charge in [0.25, 0.3) is 0 Å². The fraction of sp³-hybridized carbons (Fsp3) is 1.00. The molecule has 2 rings (SSSR count). The van der Waals surface area contributed by atoms with Crippen molar-refractivity contribution in [3.63, 3.8) is 0 Å². The predicted molar refractivity (Wildman–Crippen MR) is 68.5 cm³/mol. The molecule has 1 heteroatoms. The summed E-state index contributed by atoms with van der Waals surface area (Å²) in [6.07, 6.45) is 11.7. The molecule has 94 valence electrons. The minimum absolute atomic E-state index is 0.598. The van der Waals surface area contributed by atoms with Gasteiger partial charge in [-0.2, -0.15) is 0 Å². The monoisotopic (exact) mass is 224 g/mol. The Morgan fingerprint density at radius 2 is 1.75 bits per heavy atom. The summed E-state index contributed by atoms with van der Waals surface area (Å²) in [6.45, 7) is 5.66. The van der Waals surface area contributed by atoms with E-state index in [1.165, 1.54) is 51.4 Å². The van der Waals surface area contributed by atoms with Gasteiger partial charge in [-0.05, 0) is 56.3 Å². The molecule has 0 aromatic rings. The second-order valence-corrected chi connectivity index (χ2v) is 6.10. The van der Waals surface area contributed by atoms with Gasteiger partial charge in [-0.1, -0.05) is 26.7 Å². The summed E-state index contributed by atoms with van der Waals surface area (Å²) in [6, 6.07) is 0. The molecule has 2 aliphatic rings. The Labute approximate surface area is 101 Å². The van der Waals surface area contributed by atoms with Gasteiger partial charge < -0.3 is 4.74 Å². The van der Waals surface area contributed by atoms with Crippen molar-refractivity contribution < 1.29 is 4.74 Å². The van der Waals surface area contributed by atoms with Crippen molar-refractivity contribution in [3.05, 3.63) is 0 Å². The molecule has 0 aromatic heterocycles. The molecule has 2 fully saturated rings. The van der Waals surface area contributed by atoms with E-state index in [0.29, 0.717) is 6.10 Å². The molecule has 1 nitrogen and oxygen atoms in total. The van der Waals surface area contributed by atoms with Crippen LogP contribution >= 0.6 is 0 Å². The van der Waals surface area contributed by atoms with E-state index in [4.69, 9.17) is 4.74 Å². The normalized spacial score (nSPS) is 39.4. The smallest absolute Gasteiger partial charge is 0.0578 e. The molecule has 0 saturated heterocycles. The zero-order chi connectivity index (χ0) is 11.4. The molecule has 0 bridgehead atoms. The third-order valence-electron chi connectivity index (χ3n) is 4.68. The van der Waals surface area contributed by atoms with Crippen LogP contribution in [-0.2, 0) is 4.74 Å². The molecule has 0 aromatic carbocycles. The van der Waals surface area contributed by atoms with Crippen LogP contribution in [0.3, 0.4) is 0 Å². The fourth-order valence-electron chi connectivity index (χ4n) is 3.63. The zero-order valence-electron chi connectivity index (χ0n) is 11.1. The van der Waals surface area contributed by atoms with Gasteiger partial charge in [0.2, 0.25) is 0 Å². The molecule has 0 aliphatic heterocycles. The molecular weight excluding hydrogens is 196 g/mol. The number of fused-ring (bicyclic) bond motifs is 1. The molecular formula is C15H28O. The van der Waals surface area contributed by atoms with Crippen LogP contribution in [0.5, 0.6) is 0 Å². The summed E-state index contributed by atoms with van der Waals surface area (Å²) in [5.41, 5.74) is 0. The van der Waals surface area contributed by atoms with E-state index in [1.807, 2.05) is 0 Å². The van der Waals surface area contributed by atoms with Gasteiger partial charge in [-0.3, -0.25) is 0 Å². The molecule has 0 N–H and O–H groups in total. The number of unbranched alkanes of at least 4 members (excludes halogenated alkanes) is 1. The van der Waals surface area contributed by atoms with Gasteiger partial charge in [0.05, 0.1) is 6.10 Å². The molecule has 0 radical (unpaired) electrons. The van der Waals surface area contributed by atoms with Crippen LogP contribution in [0.25, 0.3) is 0 Å². The number of hydrogen-bond acceptors (Lipinski definition) is 1. The summed E-state index contributed by atoms with van der Waals surface area (Å²) >= 11 is 0. The number of ether oxygens (including phenoxy) is 1. The van der Waals surface area contributed by atoms with E-state index < -0.39 is 0 Å². The molecule has 0 spiro atoms. The van der Waals surface area contributed by atoms with Crippen molar-refractivity contribution in [2.75, 3.05) is 6.61 Å². The summed E-state index contributed by atoms with van der Waals surface area (Å²) in [4.78, 5) is 0. The lowest BCUT2D eigenvalue weighted by atomic mass is 9.67. The topological polar surface area (TPSA) is 9.23 Å². The van der Waals surface area contributed by atoms with Crippen molar-refractivity contribution in [3.8, 4) is 0 Å². The van der Waals surface area contributed by atoms with Gasteiger partial charge in [0.15, 0.2) is 0 Å². The number of hydrogen-bond donors (Lipinski definition) is 0. The Kier molecular flexibility index (Phi) is 4.69. The molecule has 4 unspecified atom stereocenters. The predicted octanol–water partition coefficient (Wildman–Crippen LogP) is 4.41. The molecule has 0 heterocycles. The maximum absolute atomic E-state index is 6.00. The van der Waals surface area contributed by atoms with Gasteiger partial charge >= 0.3 is 0 Å². The van der Waals surface area contributed by atoms with Gasteiger partial charge in [0, 0.05) is 6.61 Å². The van der Waals surface area contributed by atoms with Gasteiger partial charge in [-0.15, -0.1) is 0 Å². The second-order valence-electron chi connectivity index (χ2n) is 6.10. The average molecular weight is 224 g/mol. The van der Waals surface area contributed by atoms with Crippen molar-refractivity contribution in [2.45, 2.75) is 71.3 Å². The Morgan fingerprint density at radius 3 is 2.56 bits per heavy atom. The van der Waals surface area contributed by atoms with E-state index >= 15 is 0 Å². The third kappa shape index (κ3) is 3.23. The molecule has 16 heavy (non-hydrogen) atoms. The van der Waals surface area contributed by atoms with Crippen LogP contribution in [0.4, 0.5) is 0 Å². The average Bonchev–Trinajstić information content (AvgIpc) is 2.29. The summed E-state index contributed by atoms with van der Waals surface area (Å²) in [7, 11) is 0. The lowest BCUT2D eigenvalue weighted by Crippen LogP contribution is -2.33. The Morgan fingerprint density at radius 1 is 1.00 bits per heavy atom. The van der Waals surface area contributed by atoms with E-state index in [0.717, 1.165) is 24.4 Å². The van der Waals surface area contributed by atoms with Gasteiger partial charge in [-0.25, -0.2) is 0 Å². The van der Waals surface area contributed by atoms with E-state index in [2.05, 4.69) is 13.8 Å². The largest absolute Gasteiger partial charge is 0.378 e. The Hall–Kier alpha value is -0.0400. The maximum atomic E-state index is 6.00. The highest BCUT2D eigenvalue weighted by molar-refractivity contribution is 4.85. The van der Waals surface area contributed by atoms with E-state index in [9.17, 15) is 0 Å². The SMILES string of the molecule is CCCCOC1CCC2CC(C)CCC2C1. The lowest BCUT2D eigenvalue weighted by Gasteiger charge is -2.41. The number of rotatable bonds is 4. The minimum Gasteiger partial charge on any atom is -0.378 e. The quantitative estimate of drug-likeness (QED) is 0.643. The van der Waals surface area contributed by atoms with Crippen molar-refractivity contribution in [2.24, 2.45) is 17.8 Å². The van der Waals surface area contributed by atoms with Gasteiger partial charge in [0.1, 0.15) is 0 Å². The summed E-state index contributed by atoms with van der Waals surface area (Å²) in [5.74, 6) is 3.02. The van der Waals surface area contributed by atoms with Crippen LogP contribution in [0, 0.1) is 17.8 Å². The Bertz CT molecular complexity index is 202. The first-order chi connectivity index (χ1) is 7.79. The van der Waals surface area contributed by atoms with E-state index in [1.54, 1.807) is 0 Å². The lowest BCUT2D eigenvalue weighted by molar-refractivity contribution is -0.0189. The molecule has 4 atom stereocenters. The highest BCUT2D eigenvalue weighted by atomic mass is 16.5. The van der Waals surface area contributed by atoms with Crippen LogP contribution in [-0.4, -0.2) is 12.7 Å². The molecule has 2 saturated carbocycles. The first-order valence-corrected chi connectivity index (χ1v) is 7.41. The highest BCUT2D eigenvalue weighted by Crippen LogP contribution is 2.43. The summed E-state index contributed by atoms with van der Waals surface area (Å²) in [5, 5.41) is 0. The third-order valence-corrected chi connectivity index (χ3v) is 4.68. The maximum Gasteiger partial charge on any atom is 0.0578 e. The van der Waals surface area contributed by atoms with Crippen LogP contribution in [0.2, 0.25) is 0 Å². The van der Waals surface area contributed by atoms with E-state index in [-0.39, 0.29) is 0 Å². The molecule has 2 aliphatic carbocycles. The van der Waals surface area contributed by atoms with Crippen molar-refractivity contribution in [1.29, 1.82) is 0 Å². The van der Waals surface area contributed by atoms with Crippen LogP contribution < -0.4 is 0 Å². The summed E-state index contributed by atoms with van der Waals surface area (Å²) < 4.78 is 6.00.